The molecule has 0 aromatic rings. The molecule has 0 aliphatic carbocycles. The van der Waals surface area contributed by atoms with Gasteiger partial charge in [0.05, 0.1) is 0 Å². The highest BCUT2D eigenvalue weighted by molar-refractivity contribution is 5.49. The average Bonchev–Trinajstić information content (AvgIpc) is 1.68. The first-order chi connectivity index (χ1) is 3.81. The normalized spacial score (nSPS) is 8.12. The van der Waals surface area contributed by atoms with E-state index >= 15 is 0 Å². The molecule has 8 heavy (non-hydrogen) atoms. The summed E-state index contributed by atoms with van der Waals surface area (Å²) in [5.74, 6) is 0. The quantitative estimate of drug-likeness (QED) is 0.482. The summed E-state index contributed by atoms with van der Waals surface area (Å²) in [7, 11) is 1.79. The Morgan fingerprint density at radius 2 is 2.50 bits per heavy atom. The highest BCUT2D eigenvalue weighted by atomic mass is 16.1. The van der Waals surface area contributed by atoms with Crippen LogP contribution >= 0.6 is 0 Å². The van der Waals surface area contributed by atoms with E-state index in [-0.39, 0.29) is 0 Å². The molecule has 0 bridgehead atoms. The van der Waals surface area contributed by atoms with Crippen LogP contribution in [0.4, 0.5) is 0 Å². The highest BCUT2D eigenvalue weighted by Crippen LogP contribution is 1.73. The standard InChI is InChI=1S/C5H10N2O/c1-5(3-6-2)7-4-8/h4,6H,1,3H2,2H3,(H,7,8). The number of rotatable bonds is 4. The van der Waals surface area contributed by atoms with Crippen molar-refractivity contribution in [2.75, 3.05) is 13.6 Å². The summed E-state index contributed by atoms with van der Waals surface area (Å²) in [4.78, 5) is 9.69. The SMILES string of the molecule is C=C(CNC)NC=O. The van der Waals surface area contributed by atoms with Gasteiger partial charge in [0.1, 0.15) is 0 Å². The van der Waals surface area contributed by atoms with E-state index in [0.29, 0.717) is 18.7 Å². The maximum Gasteiger partial charge on any atom is 0.211 e. The molecular weight excluding hydrogens is 104 g/mol. The van der Waals surface area contributed by atoms with Gasteiger partial charge < -0.3 is 10.6 Å². The summed E-state index contributed by atoms with van der Waals surface area (Å²) in [5, 5.41) is 5.24. The van der Waals surface area contributed by atoms with Gasteiger partial charge in [0.25, 0.3) is 0 Å². The molecule has 0 radical (unpaired) electrons. The number of hydrogen-bond donors (Lipinski definition) is 2. The Hall–Kier alpha value is -0.830. The second-order valence-electron chi connectivity index (χ2n) is 1.40. The van der Waals surface area contributed by atoms with E-state index in [4.69, 9.17) is 0 Å². The summed E-state index contributed by atoms with van der Waals surface area (Å²) in [6.45, 7) is 4.15. The van der Waals surface area contributed by atoms with Gasteiger partial charge >= 0.3 is 0 Å². The van der Waals surface area contributed by atoms with E-state index in [9.17, 15) is 4.79 Å². The van der Waals surface area contributed by atoms with Crippen molar-refractivity contribution in [3.8, 4) is 0 Å². The zero-order valence-electron chi connectivity index (χ0n) is 4.90. The van der Waals surface area contributed by atoms with Crippen LogP contribution in [0.3, 0.4) is 0 Å². The predicted octanol–water partition coefficient (Wildman–Crippen LogP) is -0.535. The fraction of sp³-hybridized carbons (Fsp3) is 0.400. The number of carbonyl (C=O) groups is 1. The minimum absolute atomic E-state index is 0.611. The molecule has 0 aromatic heterocycles. The smallest absolute Gasteiger partial charge is 0.211 e. The fourth-order valence-electron chi connectivity index (χ4n) is 0.348. The van der Waals surface area contributed by atoms with Crippen molar-refractivity contribution in [1.82, 2.24) is 10.6 Å². The summed E-state index contributed by atoms with van der Waals surface area (Å²) >= 11 is 0. The molecule has 0 spiro atoms. The lowest BCUT2D eigenvalue weighted by Crippen LogP contribution is -2.20. The minimum Gasteiger partial charge on any atom is -0.332 e. The van der Waals surface area contributed by atoms with Gasteiger partial charge in [0.15, 0.2) is 0 Å². The Morgan fingerprint density at radius 1 is 1.88 bits per heavy atom. The lowest BCUT2D eigenvalue weighted by molar-refractivity contribution is -0.108. The molecule has 0 aromatic carbocycles. The van der Waals surface area contributed by atoms with Crippen LogP contribution in [-0.4, -0.2) is 20.0 Å². The van der Waals surface area contributed by atoms with Gasteiger partial charge in [-0.3, -0.25) is 4.79 Å². The van der Waals surface area contributed by atoms with E-state index in [0.717, 1.165) is 0 Å². The van der Waals surface area contributed by atoms with Crippen LogP contribution in [0, 0.1) is 0 Å². The molecule has 2 N–H and O–H groups in total. The van der Waals surface area contributed by atoms with Gasteiger partial charge in [0.2, 0.25) is 6.41 Å². The molecule has 0 fully saturated rings. The fourth-order valence-corrected chi connectivity index (χ4v) is 0.348. The Bertz CT molecular complexity index is 90.4. The van der Waals surface area contributed by atoms with E-state index in [1.165, 1.54) is 0 Å². The molecule has 0 aliphatic heterocycles. The Morgan fingerprint density at radius 3 is 2.88 bits per heavy atom. The van der Waals surface area contributed by atoms with Crippen LogP contribution in [0.25, 0.3) is 0 Å². The maximum absolute atomic E-state index is 9.69. The third-order valence-corrected chi connectivity index (χ3v) is 0.653. The van der Waals surface area contributed by atoms with Gasteiger partial charge in [-0.15, -0.1) is 0 Å². The number of hydrogen-bond acceptors (Lipinski definition) is 2. The van der Waals surface area contributed by atoms with E-state index in [2.05, 4.69) is 17.2 Å². The predicted molar refractivity (Wildman–Crippen MR) is 32.3 cm³/mol. The molecule has 3 nitrogen and oxygen atoms in total. The number of nitrogens with one attached hydrogen (secondary N) is 2. The first-order valence-corrected chi connectivity index (χ1v) is 2.34. The largest absolute Gasteiger partial charge is 0.332 e. The molecule has 0 saturated heterocycles. The first kappa shape index (κ1) is 7.17. The van der Waals surface area contributed by atoms with Crippen molar-refractivity contribution in [3.63, 3.8) is 0 Å². The van der Waals surface area contributed by atoms with Crippen LogP contribution in [0.1, 0.15) is 0 Å². The molecule has 3 heteroatoms. The van der Waals surface area contributed by atoms with Crippen LogP contribution in [0.15, 0.2) is 12.3 Å². The second kappa shape index (κ2) is 4.33. The molecule has 46 valence electrons. The zero-order chi connectivity index (χ0) is 6.41. The maximum atomic E-state index is 9.69. The Balaban J connectivity index is 3.18. The van der Waals surface area contributed by atoms with Crippen molar-refractivity contribution in [2.24, 2.45) is 0 Å². The summed E-state index contributed by atoms with van der Waals surface area (Å²) in [6.07, 6.45) is 0.611. The van der Waals surface area contributed by atoms with Gasteiger partial charge in [-0.1, -0.05) is 6.58 Å². The van der Waals surface area contributed by atoms with E-state index in [1.54, 1.807) is 7.05 Å². The number of amides is 1. The third-order valence-electron chi connectivity index (χ3n) is 0.653. The van der Waals surface area contributed by atoms with Gasteiger partial charge in [0, 0.05) is 12.2 Å². The van der Waals surface area contributed by atoms with E-state index in [1.807, 2.05) is 0 Å². The van der Waals surface area contributed by atoms with Gasteiger partial charge in [-0.05, 0) is 7.05 Å². The van der Waals surface area contributed by atoms with E-state index < -0.39 is 0 Å². The van der Waals surface area contributed by atoms with Crippen LogP contribution in [0.5, 0.6) is 0 Å². The van der Waals surface area contributed by atoms with Gasteiger partial charge in [-0.25, -0.2) is 0 Å². The number of likely N-dealkylation sites (N-methyl/N-ethyl adjacent to an activating group) is 1. The lowest BCUT2D eigenvalue weighted by Gasteiger charge is -1.98. The summed E-state index contributed by atoms with van der Waals surface area (Å²) < 4.78 is 0. The Labute approximate surface area is 48.8 Å². The number of carbonyl (C=O) groups excluding carboxylic acids is 1. The van der Waals surface area contributed by atoms with Crippen LogP contribution in [0.2, 0.25) is 0 Å². The monoisotopic (exact) mass is 114 g/mol. The molecule has 0 atom stereocenters. The molecule has 0 heterocycles. The van der Waals surface area contributed by atoms with Crippen molar-refractivity contribution < 1.29 is 4.79 Å². The molecular formula is C5H10N2O. The topological polar surface area (TPSA) is 41.1 Å². The molecule has 1 amide bonds. The van der Waals surface area contributed by atoms with Crippen molar-refractivity contribution >= 4 is 6.41 Å². The van der Waals surface area contributed by atoms with Crippen molar-refractivity contribution in [2.45, 2.75) is 0 Å². The Kier molecular flexibility index (Phi) is 3.88. The average molecular weight is 114 g/mol. The minimum atomic E-state index is 0.611. The first-order valence-electron chi connectivity index (χ1n) is 2.34. The lowest BCUT2D eigenvalue weighted by atomic mass is 10.5. The van der Waals surface area contributed by atoms with Gasteiger partial charge in [-0.2, -0.15) is 0 Å². The second-order valence-corrected chi connectivity index (χ2v) is 1.40. The van der Waals surface area contributed by atoms with Crippen LogP contribution < -0.4 is 10.6 Å². The molecule has 0 aliphatic rings. The van der Waals surface area contributed by atoms with Crippen molar-refractivity contribution in [3.05, 3.63) is 12.3 Å². The molecule has 0 unspecified atom stereocenters. The highest BCUT2D eigenvalue weighted by Gasteiger charge is 1.84. The van der Waals surface area contributed by atoms with Crippen LogP contribution in [-0.2, 0) is 4.79 Å². The molecule has 0 saturated carbocycles. The third kappa shape index (κ3) is 3.36. The summed E-state index contributed by atoms with van der Waals surface area (Å²) in [5.41, 5.74) is 0.683. The van der Waals surface area contributed by atoms with Crippen molar-refractivity contribution in [1.29, 1.82) is 0 Å². The molecule has 0 rings (SSSR count). The summed E-state index contributed by atoms with van der Waals surface area (Å²) in [6, 6.07) is 0. The zero-order valence-corrected chi connectivity index (χ0v) is 4.90.